The molecule has 1 saturated carbocycles. The highest BCUT2D eigenvalue weighted by molar-refractivity contribution is 7.91. The molecule has 4 rings (SSSR count). The van der Waals surface area contributed by atoms with Gasteiger partial charge in [-0.25, -0.2) is 18.1 Å². The first-order valence-corrected chi connectivity index (χ1v) is 10.2. The molecule has 7 nitrogen and oxygen atoms in total. The Morgan fingerprint density at radius 3 is 2.80 bits per heavy atom. The fourth-order valence-corrected chi connectivity index (χ4v) is 5.33. The van der Waals surface area contributed by atoms with Gasteiger partial charge in [0.05, 0.1) is 11.5 Å². The molecule has 2 fully saturated rings. The predicted molar refractivity (Wildman–Crippen MR) is 91.6 cm³/mol. The zero-order valence-corrected chi connectivity index (χ0v) is 14.6. The first-order valence-electron chi connectivity index (χ1n) is 8.41. The minimum atomic E-state index is -2.90. The van der Waals surface area contributed by atoms with E-state index in [9.17, 15) is 13.2 Å². The normalized spacial score (nSPS) is 23.3. The Morgan fingerprint density at radius 2 is 2.08 bits per heavy atom. The first-order chi connectivity index (χ1) is 12.0. The van der Waals surface area contributed by atoms with Gasteiger partial charge in [-0.15, -0.1) is 0 Å². The summed E-state index contributed by atoms with van der Waals surface area (Å²) in [5.74, 6) is 1.07. The number of pyridine rings is 1. The molecule has 1 aliphatic heterocycles. The number of carbonyl (C=O) groups is 1. The number of aromatic nitrogens is 3. The highest BCUT2D eigenvalue weighted by atomic mass is 32.2. The number of nitrogens with one attached hydrogen (secondary N) is 1. The lowest BCUT2D eigenvalue weighted by atomic mass is 9.96. The van der Waals surface area contributed by atoms with Crippen LogP contribution in [0.25, 0.3) is 5.82 Å². The minimum Gasteiger partial charge on any atom is -0.352 e. The van der Waals surface area contributed by atoms with Crippen molar-refractivity contribution in [3.05, 3.63) is 42.4 Å². The summed E-state index contributed by atoms with van der Waals surface area (Å²) < 4.78 is 24.8. The standard InChI is InChI=1S/C17H20N4O3S/c22-16(14-11-17(14)4-9-25(23,24)10-5-17)19-12-13-3-1-6-18-15(13)21-8-2-7-20-21/h1-3,6-8,14H,4-5,9-12H2,(H,19,22). The Labute approximate surface area is 146 Å². The van der Waals surface area contributed by atoms with Gasteiger partial charge in [-0.1, -0.05) is 6.07 Å². The van der Waals surface area contributed by atoms with E-state index in [1.807, 2.05) is 24.4 Å². The first kappa shape index (κ1) is 16.3. The van der Waals surface area contributed by atoms with Crippen LogP contribution in [0.3, 0.4) is 0 Å². The maximum Gasteiger partial charge on any atom is 0.223 e. The molecule has 2 aliphatic rings. The Bertz CT molecular complexity index is 878. The van der Waals surface area contributed by atoms with Gasteiger partial charge in [0, 0.05) is 36.6 Å². The fourth-order valence-electron chi connectivity index (χ4n) is 3.69. The van der Waals surface area contributed by atoms with Gasteiger partial charge in [0.2, 0.25) is 5.91 Å². The average molecular weight is 360 g/mol. The zero-order chi connectivity index (χ0) is 17.5. The van der Waals surface area contributed by atoms with Crippen LogP contribution in [-0.4, -0.2) is 40.6 Å². The van der Waals surface area contributed by atoms with E-state index in [-0.39, 0.29) is 28.7 Å². The molecule has 2 aromatic rings. The Balaban J connectivity index is 1.40. The summed E-state index contributed by atoms with van der Waals surface area (Å²) in [5.41, 5.74) is 0.801. The average Bonchev–Trinajstić information content (AvgIpc) is 3.04. The van der Waals surface area contributed by atoms with E-state index in [4.69, 9.17) is 0 Å². The van der Waals surface area contributed by atoms with Gasteiger partial charge in [0.1, 0.15) is 9.84 Å². The molecule has 3 heterocycles. The largest absolute Gasteiger partial charge is 0.352 e. The Morgan fingerprint density at radius 1 is 1.28 bits per heavy atom. The number of hydrogen-bond acceptors (Lipinski definition) is 5. The predicted octanol–water partition coefficient (Wildman–Crippen LogP) is 1.10. The van der Waals surface area contributed by atoms with Crippen LogP contribution in [-0.2, 0) is 21.2 Å². The monoisotopic (exact) mass is 360 g/mol. The van der Waals surface area contributed by atoms with E-state index in [2.05, 4.69) is 15.4 Å². The summed E-state index contributed by atoms with van der Waals surface area (Å²) in [6, 6.07) is 5.57. The molecule has 1 saturated heterocycles. The molecule has 0 bridgehead atoms. The third kappa shape index (κ3) is 3.18. The zero-order valence-electron chi connectivity index (χ0n) is 13.8. The smallest absolute Gasteiger partial charge is 0.223 e. The molecule has 1 atom stereocenters. The van der Waals surface area contributed by atoms with Crippen molar-refractivity contribution in [2.45, 2.75) is 25.8 Å². The molecule has 1 unspecified atom stereocenters. The SMILES string of the molecule is O=C(NCc1cccnc1-n1cccn1)C1CC12CCS(=O)(=O)CC2. The fraction of sp³-hybridized carbons (Fsp3) is 0.471. The highest BCUT2D eigenvalue weighted by Crippen LogP contribution is 2.59. The van der Waals surface area contributed by atoms with Crippen LogP contribution in [0.4, 0.5) is 0 Å². The van der Waals surface area contributed by atoms with E-state index in [1.54, 1.807) is 17.1 Å². The maximum atomic E-state index is 12.5. The van der Waals surface area contributed by atoms with Crippen LogP contribution >= 0.6 is 0 Å². The summed E-state index contributed by atoms with van der Waals surface area (Å²) in [6.07, 6.45) is 7.21. The number of hydrogen-bond donors (Lipinski definition) is 1. The number of sulfone groups is 1. The molecule has 0 aromatic carbocycles. The quantitative estimate of drug-likeness (QED) is 0.881. The lowest BCUT2D eigenvalue weighted by Gasteiger charge is -2.22. The van der Waals surface area contributed by atoms with E-state index in [0.29, 0.717) is 25.2 Å². The third-order valence-corrected chi connectivity index (χ3v) is 7.02. The van der Waals surface area contributed by atoms with Gasteiger partial charge in [0.25, 0.3) is 0 Å². The van der Waals surface area contributed by atoms with Gasteiger partial charge in [-0.05, 0) is 36.8 Å². The van der Waals surface area contributed by atoms with Crippen molar-refractivity contribution < 1.29 is 13.2 Å². The van der Waals surface area contributed by atoms with Crippen LogP contribution in [0.1, 0.15) is 24.8 Å². The molecule has 25 heavy (non-hydrogen) atoms. The minimum absolute atomic E-state index is 0.00886. The lowest BCUT2D eigenvalue weighted by Crippen LogP contribution is -2.31. The second kappa shape index (κ2) is 5.94. The van der Waals surface area contributed by atoms with E-state index >= 15 is 0 Å². The van der Waals surface area contributed by atoms with E-state index in [0.717, 1.165) is 12.0 Å². The molecule has 0 radical (unpaired) electrons. The number of carbonyl (C=O) groups excluding carboxylic acids is 1. The van der Waals surface area contributed by atoms with Gasteiger partial charge in [-0.3, -0.25) is 4.79 Å². The Kier molecular flexibility index (Phi) is 3.87. The Hall–Kier alpha value is -2.22. The molecule has 1 spiro atoms. The number of nitrogens with zero attached hydrogens (tertiary/aromatic N) is 3. The molecular weight excluding hydrogens is 340 g/mol. The summed E-state index contributed by atoms with van der Waals surface area (Å²) >= 11 is 0. The second-order valence-electron chi connectivity index (χ2n) is 6.93. The topological polar surface area (TPSA) is 93.9 Å². The van der Waals surface area contributed by atoms with Gasteiger partial charge >= 0.3 is 0 Å². The van der Waals surface area contributed by atoms with Crippen molar-refractivity contribution in [2.75, 3.05) is 11.5 Å². The van der Waals surface area contributed by atoms with Crippen LogP contribution in [0, 0.1) is 11.3 Å². The van der Waals surface area contributed by atoms with Crippen LogP contribution in [0.2, 0.25) is 0 Å². The van der Waals surface area contributed by atoms with Crippen molar-refractivity contribution >= 4 is 15.7 Å². The van der Waals surface area contributed by atoms with Gasteiger partial charge in [0.15, 0.2) is 5.82 Å². The van der Waals surface area contributed by atoms with Crippen molar-refractivity contribution in [3.8, 4) is 5.82 Å². The molecule has 1 aliphatic carbocycles. The highest BCUT2D eigenvalue weighted by Gasteiger charge is 2.59. The lowest BCUT2D eigenvalue weighted by molar-refractivity contribution is -0.123. The van der Waals surface area contributed by atoms with Gasteiger partial charge in [-0.2, -0.15) is 5.10 Å². The summed E-state index contributed by atoms with van der Waals surface area (Å²) in [5, 5.41) is 7.17. The van der Waals surface area contributed by atoms with E-state index in [1.165, 1.54) is 0 Å². The number of amides is 1. The molecular formula is C17H20N4O3S. The van der Waals surface area contributed by atoms with Crippen LogP contribution < -0.4 is 5.32 Å². The molecule has 2 aromatic heterocycles. The number of rotatable bonds is 4. The van der Waals surface area contributed by atoms with Crippen molar-refractivity contribution in [1.29, 1.82) is 0 Å². The van der Waals surface area contributed by atoms with E-state index < -0.39 is 9.84 Å². The van der Waals surface area contributed by atoms with Crippen molar-refractivity contribution in [2.24, 2.45) is 11.3 Å². The maximum absolute atomic E-state index is 12.5. The van der Waals surface area contributed by atoms with Crippen molar-refractivity contribution in [3.63, 3.8) is 0 Å². The van der Waals surface area contributed by atoms with Gasteiger partial charge < -0.3 is 5.32 Å². The molecule has 8 heteroatoms. The van der Waals surface area contributed by atoms with Crippen LogP contribution in [0.5, 0.6) is 0 Å². The third-order valence-electron chi connectivity index (χ3n) is 5.37. The molecule has 1 amide bonds. The van der Waals surface area contributed by atoms with Crippen molar-refractivity contribution in [1.82, 2.24) is 20.1 Å². The molecule has 1 N–H and O–H groups in total. The second-order valence-corrected chi connectivity index (χ2v) is 9.23. The van der Waals surface area contributed by atoms with Crippen LogP contribution in [0.15, 0.2) is 36.8 Å². The molecule has 132 valence electrons. The summed E-state index contributed by atoms with van der Waals surface area (Å²) in [6.45, 7) is 0.382. The summed E-state index contributed by atoms with van der Waals surface area (Å²) in [4.78, 5) is 16.8. The summed E-state index contributed by atoms with van der Waals surface area (Å²) in [7, 11) is -2.90.